The zero-order valence-corrected chi connectivity index (χ0v) is 15.0. The van der Waals surface area contributed by atoms with Crippen LogP contribution in [0.4, 0.5) is 0 Å². The normalized spacial score (nSPS) is 27.6. The van der Waals surface area contributed by atoms with Gasteiger partial charge in [-0.3, -0.25) is 9.80 Å². The van der Waals surface area contributed by atoms with Crippen LogP contribution >= 0.6 is 0 Å². The maximum absolute atomic E-state index is 3.47. The molecule has 1 atom stereocenters. The zero-order valence-electron chi connectivity index (χ0n) is 15.0. The van der Waals surface area contributed by atoms with Gasteiger partial charge in [0.05, 0.1) is 0 Å². The molecule has 1 unspecified atom stereocenters. The van der Waals surface area contributed by atoms with E-state index in [4.69, 9.17) is 0 Å². The van der Waals surface area contributed by atoms with Crippen molar-refractivity contribution >= 4 is 0 Å². The molecular formula is C18H37N3. The average molecular weight is 296 g/mol. The molecule has 0 aromatic rings. The van der Waals surface area contributed by atoms with Crippen molar-refractivity contribution in [1.29, 1.82) is 0 Å². The molecule has 2 heterocycles. The van der Waals surface area contributed by atoms with E-state index >= 15 is 0 Å². The molecule has 0 aromatic heterocycles. The lowest BCUT2D eigenvalue weighted by atomic mass is 9.84. The lowest BCUT2D eigenvalue weighted by Crippen LogP contribution is -2.54. The minimum atomic E-state index is 0.336. The number of likely N-dealkylation sites (tertiary alicyclic amines) is 1. The van der Waals surface area contributed by atoms with Gasteiger partial charge in [-0.25, -0.2) is 0 Å². The van der Waals surface area contributed by atoms with Gasteiger partial charge in [-0.1, -0.05) is 0 Å². The number of rotatable bonds is 3. The third-order valence-corrected chi connectivity index (χ3v) is 5.56. The number of hydrogen-bond acceptors (Lipinski definition) is 3. The van der Waals surface area contributed by atoms with Crippen molar-refractivity contribution in [3.63, 3.8) is 0 Å². The maximum atomic E-state index is 3.47. The summed E-state index contributed by atoms with van der Waals surface area (Å²) in [5.74, 6) is 0.905. The first-order valence-corrected chi connectivity index (χ1v) is 9.00. The van der Waals surface area contributed by atoms with Crippen LogP contribution in [0.2, 0.25) is 0 Å². The third kappa shape index (κ3) is 4.94. The fraction of sp³-hybridized carbons (Fsp3) is 1.00. The topological polar surface area (TPSA) is 18.5 Å². The van der Waals surface area contributed by atoms with Gasteiger partial charge in [0.15, 0.2) is 0 Å². The van der Waals surface area contributed by atoms with E-state index in [0.717, 1.165) is 19.0 Å². The molecule has 1 N–H and O–H groups in total. The molecule has 124 valence electrons. The Labute approximate surface area is 132 Å². The summed E-state index contributed by atoms with van der Waals surface area (Å²) in [4.78, 5) is 5.39. The van der Waals surface area contributed by atoms with E-state index in [-0.39, 0.29) is 0 Å². The van der Waals surface area contributed by atoms with Crippen LogP contribution in [-0.4, -0.2) is 60.1 Å². The van der Waals surface area contributed by atoms with Crippen LogP contribution in [0.5, 0.6) is 0 Å². The minimum absolute atomic E-state index is 0.336. The zero-order chi connectivity index (χ0) is 15.5. The molecule has 0 aromatic carbocycles. The number of nitrogens with one attached hydrogen (secondary N) is 1. The monoisotopic (exact) mass is 295 g/mol. The Morgan fingerprint density at radius 2 is 1.52 bits per heavy atom. The highest BCUT2D eigenvalue weighted by atomic mass is 15.2. The molecule has 3 heteroatoms. The van der Waals surface area contributed by atoms with E-state index in [1.54, 1.807) is 0 Å². The molecule has 2 aliphatic rings. The Bertz CT molecular complexity index is 313. The Balaban J connectivity index is 1.87. The highest BCUT2D eigenvalue weighted by molar-refractivity contribution is 4.88. The van der Waals surface area contributed by atoms with Crippen molar-refractivity contribution in [2.24, 2.45) is 5.92 Å². The summed E-state index contributed by atoms with van der Waals surface area (Å²) in [5, 5.41) is 3.47. The predicted molar refractivity (Wildman–Crippen MR) is 91.8 cm³/mol. The van der Waals surface area contributed by atoms with E-state index in [1.807, 2.05) is 0 Å². The van der Waals surface area contributed by atoms with E-state index < -0.39 is 0 Å². The van der Waals surface area contributed by atoms with Crippen molar-refractivity contribution in [1.82, 2.24) is 15.1 Å². The fourth-order valence-corrected chi connectivity index (χ4v) is 4.15. The van der Waals surface area contributed by atoms with E-state index in [1.165, 1.54) is 51.9 Å². The number of piperazine rings is 1. The SMILES string of the molecule is CC(C)(C)N1CCCC(CC(C)(C)N2CCNCC2)CC1. The van der Waals surface area contributed by atoms with Gasteiger partial charge in [0.2, 0.25) is 0 Å². The Morgan fingerprint density at radius 1 is 0.857 bits per heavy atom. The van der Waals surface area contributed by atoms with Crippen LogP contribution in [0.15, 0.2) is 0 Å². The Hall–Kier alpha value is -0.120. The third-order valence-electron chi connectivity index (χ3n) is 5.56. The highest BCUT2D eigenvalue weighted by Gasteiger charge is 2.32. The summed E-state index contributed by atoms with van der Waals surface area (Å²) in [6, 6.07) is 0. The first-order chi connectivity index (χ1) is 9.79. The number of hydrogen-bond donors (Lipinski definition) is 1. The predicted octanol–water partition coefficient (Wildman–Crippen LogP) is 2.96. The summed E-state index contributed by atoms with van der Waals surface area (Å²) in [7, 11) is 0. The molecule has 0 spiro atoms. The first-order valence-electron chi connectivity index (χ1n) is 9.00. The molecular weight excluding hydrogens is 258 g/mol. The second kappa shape index (κ2) is 6.97. The van der Waals surface area contributed by atoms with Crippen LogP contribution in [-0.2, 0) is 0 Å². The van der Waals surface area contributed by atoms with Gasteiger partial charge >= 0.3 is 0 Å². The molecule has 2 fully saturated rings. The largest absolute Gasteiger partial charge is 0.314 e. The van der Waals surface area contributed by atoms with Crippen LogP contribution in [0.3, 0.4) is 0 Å². The van der Waals surface area contributed by atoms with Crippen LogP contribution in [0.1, 0.15) is 60.3 Å². The van der Waals surface area contributed by atoms with Crippen molar-refractivity contribution in [2.45, 2.75) is 71.4 Å². The lowest BCUT2D eigenvalue weighted by molar-refractivity contribution is 0.0760. The molecule has 21 heavy (non-hydrogen) atoms. The Kier molecular flexibility index (Phi) is 5.72. The summed E-state index contributed by atoms with van der Waals surface area (Å²) in [6.07, 6.45) is 5.54. The lowest BCUT2D eigenvalue weighted by Gasteiger charge is -2.43. The maximum Gasteiger partial charge on any atom is 0.0156 e. The van der Waals surface area contributed by atoms with E-state index in [9.17, 15) is 0 Å². The fourth-order valence-electron chi connectivity index (χ4n) is 4.15. The molecule has 2 aliphatic heterocycles. The molecule has 0 aliphatic carbocycles. The van der Waals surface area contributed by atoms with Crippen molar-refractivity contribution in [2.75, 3.05) is 39.3 Å². The van der Waals surface area contributed by atoms with Crippen molar-refractivity contribution in [3.05, 3.63) is 0 Å². The highest BCUT2D eigenvalue weighted by Crippen LogP contribution is 2.31. The van der Waals surface area contributed by atoms with Gasteiger partial charge < -0.3 is 5.32 Å². The first kappa shape index (κ1) is 17.2. The molecule has 3 nitrogen and oxygen atoms in total. The van der Waals surface area contributed by atoms with Gasteiger partial charge in [0.25, 0.3) is 0 Å². The second-order valence-electron chi connectivity index (χ2n) is 8.71. The summed E-state index contributed by atoms with van der Waals surface area (Å²) in [5.41, 5.74) is 0.701. The van der Waals surface area contributed by atoms with Gasteiger partial charge in [-0.05, 0) is 79.3 Å². The molecule has 0 radical (unpaired) electrons. The van der Waals surface area contributed by atoms with Crippen LogP contribution in [0, 0.1) is 5.92 Å². The molecule has 0 saturated carbocycles. The minimum Gasteiger partial charge on any atom is -0.314 e. The molecule has 0 amide bonds. The Morgan fingerprint density at radius 3 is 2.14 bits per heavy atom. The van der Waals surface area contributed by atoms with Crippen LogP contribution in [0.25, 0.3) is 0 Å². The molecule has 2 saturated heterocycles. The molecule has 2 rings (SSSR count). The standard InChI is InChI=1S/C18H37N3/c1-17(2,3)20-11-6-7-16(8-12-20)15-18(4,5)21-13-9-19-10-14-21/h16,19H,6-15H2,1-5H3. The quantitative estimate of drug-likeness (QED) is 0.863. The van der Waals surface area contributed by atoms with Gasteiger partial charge in [-0.15, -0.1) is 0 Å². The average Bonchev–Trinajstić information content (AvgIpc) is 2.64. The van der Waals surface area contributed by atoms with E-state index in [2.05, 4.69) is 49.7 Å². The van der Waals surface area contributed by atoms with Gasteiger partial charge in [0.1, 0.15) is 0 Å². The van der Waals surface area contributed by atoms with E-state index in [0.29, 0.717) is 11.1 Å². The summed E-state index contributed by atoms with van der Waals surface area (Å²) < 4.78 is 0. The van der Waals surface area contributed by atoms with Crippen LogP contribution < -0.4 is 5.32 Å². The second-order valence-corrected chi connectivity index (χ2v) is 8.71. The summed E-state index contributed by atoms with van der Waals surface area (Å²) in [6.45, 7) is 19.3. The van der Waals surface area contributed by atoms with Gasteiger partial charge in [-0.2, -0.15) is 0 Å². The van der Waals surface area contributed by atoms with Gasteiger partial charge in [0, 0.05) is 37.3 Å². The molecule has 0 bridgehead atoms. The number of nitrogens with zero attached hydrogens (tertiary/aromatic N) is 2. The smallest absolute Gasteiger partial charge is 0.0156 e. The van der Waals surface area contributed by atoms with Crippen molar-refractivity contribution in [3.8, 4) is 0 Å². The summed E-state index contributed by atoms with van der Waals surface area (Å²) >= 11 is 0. The van der Waals surface area contributed by atoms with Crippen molar-refractivity contribution < 1.29 is 0 Å².